The summed E-state index contributed by atoms with van der Waals surface area (Å²) in [5.74, 6) is -0.0572. The number of aliphatic hydroxyl groups excluding tert-OH is 1. The molecule has 0 aliphatic carbocycles. The Bertz CT molecular complexity index is 1110. The highest BCUT2D eigenvalue weighted by Crippen LogP contribution is 2.37. The Balaban J connectivity index is 1.10. The van der Waals surface area contributed by atoms with Crippen molar-refractivity contribution in [2.75, 3.05) is 37.6 Å². The van der Waals surface area contributed by atoms with Crippen molar-refractivity contribution in [2.45, 2.75) is 50.9 Å². The second-order valence-corrected chi connectivity index (χ2v) is 11.0. The number of allylic oxidation sites excluding steroid dienone is 1. The summed E-state index contributed by atoms with van der Waals surface area (Å²) in [5.41, 5.74) is 5.28. The number of unbranched alkanes of at least 4 members (excludes halogenated alkanes) is 1. The second-order valence-electron chi connectivity index (χ2n) is 10.1. The Morgan fingerprint density at radius 1 is 1.06 bits per heavy atom. The number of hydrogen-bond acceptors (Lipinski definition) is 5. The largest absolute Gasteiger partial charge is 0.374 e. The maximum absolute atomic E-state index is 12.5. The minimum atomic E-state index is -0.729. The minimum Gasteiger partial charge on any atom is -0.374 e. The van der Waals surface area contributed by atoms with Crippen LogP contribution in [0.4, 0.5) is 5.69 Å². The maximum Gasteiger partial charge on any atom is 0.241 e. The van der Waals surface area contributed by atoms with Crippen molar-refractivity contribution in [3.63, 3.8) is 0 Å². The molecular weight excluding hydrogens is 495 g/mol. The number of rotatable bonds is 7. The van der Waals surface area contributed by atoms with Crippen LogP contribution in [0.5, 0.6) is 0 Å². The van der Waals surface area contributed by atoms with Gasteiger partial charge in [0.1, 0.15) is 6.23 Å². The van der Waals surface area contributed by atoms with E-state index in [0.29, 0.717) is 23.0 Å². The number of aliphatic hydroxyl groups is 1. The van der Waals surface area contributed by atoms with E-state index in [0.717, 1.165) is 75.4 Å². The van der Waals surface area contributed by atoms with Crippen molar-refractivity contribution in [2.24, 2.45) is 0 Å². The highest BCUT2D eigenvalue weighted by molar-refractivity contribution is 6.35. The molecule has 3 aliphatic rings. The van der Waals surface area contributed by atoms with Crippen molar-refractivity contribution >= 4 is 34.8 Å². The quantitative estimate of drug-likeness (QED) is 0.508. The lowest BCUT2D eigenvalue weighted by Crippen LogP contribution is -2.48. The number of anilines is 1. The van der Waals surface area contributed by atoms with Gasteiger partial charge >= 0.3 is 0 Å². The van der Waals surface area contributed by atoms with Crippen LogP contribution < -0.4 is 10.2 Å². The van der Waals surface area contributed by atoms with Crippen LogP contribution in [0.2, 0.25) is 10.0 Å². The number of halogens is 2. The topological polar surface area (TPSA) is 59.1 Å². The molecule has 6 nitrogen and oxygen atoms in total. The normalized spacial score (nSPS) is 23.1. The van der Waals surface area contributed by atoms with Gasteiger partial charge in [-0.1, -0.05) is 48.0 Å². The molecule has 0 aromatic heterocycles. The van der Waals surface area contributed by atoms with E-state index in [1.165, 1.54) is 11.1 Å². The molecule has 0 bridgehead atoms. The van der Waals surface area contributed by atoms with Crippen LogP contribution in [0.1, 0.15) is 48.6 Å². The number of amides is 1. The first-order valence-corrected chi connectivity index (χ1v) is 13.6. The van der Waals surface area contributed by atoms with Crippen molar-refractivity contribution < 1.29 is 9.90 Å². The molecule has 8 heteroatoms. The number of carbonyl (C=O) groups excluding carboxylic acids is 1. The first kappa shape index (κ1) is 25.6. The molecule has 2 aromatic carbocycles. The van der Waals surface area contributed by atoms with Gasteiger partial charge in [-0.05, 0) is 68.0 Å². The van der Waals surface area contributed by atoms with Crippen LogP contribution in [0, 0.1) is 0 Å². The molecule has 0 radical (unpaired) electrons. The standard InChI is InChI=1S/C28H34Cl2N4O2/c1-19-8-9-26(27(35)31-19)34-18-25-20(6-4-7-24(25)28(34)36)5-2-3-10-32-11-13-33(14-12-32)23-16-21(29)15-22(30)17-23/h4,6-7,15-17,26,28,36H,1-3,5,8-14,18H2,(H,31,35). The van der Waals surface area contributed by atoms with E-state index in [9.17, 15) is 9.90 Å². The zero-order valence-corrected chi connectivity index (χ0v) is 22.1. The SMILES string of the molecule is C=C1CCC(N2Cc3c(CCCCN4CCN(c5cc(Cl)cc(Cl)c5)CC4)cccc3C2O)C(=O)N1. The van der Waals surface area contributed by atoms with Gasteiger partial charge in [0.15, 0.2) is 0 Å². The molecule has 2 fully saturated rings. The van der Waals surface area contributed by atoms with Crippen LogP contribution in [-0.2, 0) is 17.8 Å². The number of piperazine rings is 1. The lowest BCUT2D eigenvalue weighted by atomic mass is 9.98. The lowest BCUT2D eigenvalue weighted by molar-refractivity contribution is -0.132. The zero-order chi connectivity index (χ0) is 25.2. The van der Waals surface area contributed by atoms with Gasteiger partial charge in [0.05, 0.1) is 6.04 Å². The number of benzene rings is 2. The average Bonchev–Trinajstić information content (AvgIpc) is 3.18. The number of fused-ring (bicyclic) bond motifs is 1. The average molecular weight is 530 g/mol. The predicted octanol–water partition coefficient (Wildman–Crippen LogP) is 4.74. The van der Waals surface area contributed by atoms with Gasteiger partial charge in [0, 0.05) is 59.7 Å². The third-order valence-corrected chi connectivity index (χ3v) is 8.16. The maximum atomic E-state index is 12.5. The van der Waals surface area contributed by atoms with Gasteiger partial charge in [-0.25, -0.2) is 0 Å². The molecule has 0 spiro atoms. The van der Waals surface area contributed by atoms with Crippen LogP contribution in [0.3, 0.4) is 0 Å². The summed E-state index contributed by atoms with van der Waals surface area (Å²) < 4.78 is 0. The summed E-state index contributed by atoms with van der Waals surface area (Å²) in [4.78, 5) is 19.3. The summed E-state index contributed by atoms with van der Waals surface area (Å²) in [5, 5.41) is 15.2. The molecule has 1 amide bonds. The number of nitrogens with zero attached hydrogens (tertiary/aromatic N) is 3. The third-order valence-electron chi connectivity index (χ3n) is 7.72. The number of nitrogens with one attached hydrogen (secondary N) is 1. The fourth-order valence-electron chi connectivity index (χ4n) is 5.73. The lowest BCUT2D eigenvalue weighted by Gasteiger charge is -2.36. The van der Waals surface area contributed by atoms with Gasteiger partial charge < -0.3 is 15.3 Å². The summed E-state index contributed by atoms with van der Waals surface area (Å²) in [6.45, 7) is 9.57. The summed E-state index contributed by atoms with van der Waals surface area (Å²) >= 11 is 12.4. The van der Waals surface area contributed by atoms with Gasteiger partial charge in [-0.2, -0.15) is 0 Å². The molecule has 2 atom stereocenters. The van der Waals surface area contributed by atoms with Crippen molar-refractivity contribution in [3.05, 3.63) is 75.4 Å². The van der Waals surface area contributed by atoms with Gasteiger partial charge in [0.25, 0.3) is 0 Å². The molecule has 2 unspecified atom stereocenters. The Morgan fingerprint density at radius 2 is 1.81 bits per heavy atom. The van der Waals surface area contributed by atoms with E-state index >= 15 is 0 Å². The highest BCUT2D eigenvalue weighted by Gasteiger charge is 2.39. The fraction of sp³-hybridized carbons (Fsp3) is 0.464. The van der Waals surface area contributed by atoms with Crippen molar-refractivity contribution in [3.8, 4) is 0 Å². The molecular formula is C28H34Cl2N4O2. The molecule has 2 saturated heterocycles. The van der Waals surface area contributed by atoms with Crippen molar-refractivity contribution in [1.82, 2.24) is 15.1 Å². The van der Waals surface area contributed by atoms with E-state index in [1.807, 2.05) is 29.2 Å². The number of aryl methyl sites for hydroxylation is 1. The summed E-state index contributed by atoms with van der Waals surface area (Å²) in [7, 11) is 0. The number of hydrogen-bond donors (Lipinski definition) is 2. The highest BCUT2D eigenvalue weighted by atomic mass is 35.5. The van der Waals surface area contributed by atoms with Gasteiger partial charge in [-0.15, -0.1) is 0 Å². The summed E-state index contributed by atoms with van der Waals surface area (Å²) in [6.07, 6.45) is 3.94. The second kappa shape index (κ2) is 11.1. The zero-order valence-electron chi connectivity index (χ0n) is 20.6. The molecule has 0 saturated carbocycles. The van der Waals surface area contributed by atoms with Gasteiger partial charge in [-0.3, -0.25) is 14.6 Å². The molecule has 192 valence electrons. The number of piperidine rings is 1. The van der Waals surface area contributed by atoms with E-state index in [1.54, 1.807) is 6.07 Å². The third kappa shape index (κ3) is 5.58. The molecule has 2 aromatic rings. The Labute approximate surface area is 223 Å². The molecule has 3 aliphatic heterocycles. The van der Waals surface area contributed by atoms with Crippen LogP contribution in [0.25, 0.3) is 0 Å². The van der Waals surface area contributed by atoms with E-state index in [4.69, 9.17) is 23.2 Å². The molecule has 2 N–H and O–H groups in total. The Morgan fingerprint density at radius 3 is 2.53 bits per heavy atom. The van der Waals surface area contributed by atoms with Crippen LogP contribution >= 0.6 is 23.2 Å². The minimum absolute atomic E-state index is 0.0572. The van der Waals surface area contributed by atoms with Crippen LogP contribution in [0.15, 0.2) is 48.7 Å². The van der Waals surface area contributed by atoms with E-state index in [2.05, 4.69) is 27.8 Å². The Kier molecular flexibility index (Phi) is 7.89. The molecule has 3 heterocycles. The monoisotopic (exact) mass is 528 g/mol. The van der Waals surface area contributed by atoms with E-state index < -0.39 is 6.23 Å². The van der Waals surface area contributed by atoms with Crippen LogP contribution in [-0.4, -0.2) is 59.6 Å². The summed E-state index contributed by atoms with van der Waals surface area (Å²) in [6, 6.07) is 11.6. The fourth-order valence-corrected chi connectivity index (χ4v) is 6.25. The van der Waals surface area contributed by atoms with Gasteiger partial charge in [0.2, 0.25) is 5.91 Å². The smallest absolute Gasteiger partial charge is 0.241 e. The predicted molar refractivity (Wildman–Crippen MR) is 145 cm³/mol. The first-order chi connectivity index (χ1) is 17.4. The molecule has 5 rings (SSSR count). The number of carbonyl (C=O) groups is 1. The molecule has 36 heavy (non-hydrogen) atoms. The first-order valence-electron chi connectivity index (χ1n) is 12.9. The van der Waals surface area contributed by atoms with Crippen molar-refractivity contribution in [1.29, 1.82) is 0 Å². The Hall–Kier alpha value is -2.09. The van der Waals surface area contributed by atoms with E-state index in [-0.39, 0.29) is 11.9 Å².